The molecule has 1 heterocycles. The Morgan fingerprint density at radius 1 is 1.21 bits per heavy atom. The van der Waals surface area contributed by atoms with Crippen molar-refractivity contribution in [3.63, 3.8) is 0 Å². The predicted octanol–water partition coefficient (Wildman–Crippen LogP) is 1.84. The van der Waals surface area contributed by atoms with Gasteiger partial charge in [0.15, 0.2) is 23.2 Å². The second-order valence-electron chi connectivity index (χ2n) is 5.70. The summed E-state index contributed by atoms with van der Waals surface area (Å²) in [5, 5.41) is 0.141. The molecule has 1 aliphatic heterocycles. The number of carbonyl (C=O) groups is 3. The largest absolute Gasteiger partial charge is 0.493 e. The highest BCUT2D eigenvalue weighted by Crippen LogP contribution is 2.35. The number of likely N-dealkylation sites (N-methyl/N-ethyl adjacent to an activating group) is 2. The van der Waals surface area contributed by atoms with E-state index in [0.29, 0.717) is 20.6 Å². The highest BCUT2D eigenvalue weighted by atomic mass is 127. The predicted molar refractivity (Wildman–Crippen MR) is 114 cm³/mol. The van der Waals surface area contributed by atoms with Crippen molar-refractivity contribution in [1.29, 1.82) is 0 Å². The fourth-order valence-corrected chi connectivity index (χ4v) is 3.39. The van der Waals surface area contributed by atoms with Gasteiger partial charge in [-0.3, -0.25) is 19.4 Å². The second-order valence-corrected chi connectivity index (χ2v) is 7.22. The Bertz CT molecular complexity index is 844. The lowest BCUT2D eigenvalue weighted by Crippen LogP contribution is -2.52. The summed E-state index contributed by atoms with van der Waals surface area (Å²) in [6.07, 6.45) is 1.47. The highest BCUT2D eigenvalue weighted by Gasteiger charge is 2.35. The molecule has 0 unspecified atom stereocenters. The molecular weight excluding hydrogens is 499 g/mol. The third-order valence-corrected chi connectivity index (χ3v) is 5.20. The Labute approximate surface area is 181 Å². The molecule has 10 heteroatoms. The molecule has 0 spiro atoms. The van der Waals surface area contributed by atoms with Gasteiger partial charge in [-0.25, -0.2) is 4.79 Å². The summed E-state index contributed by atoms with van der Waals surface area (Å²) < 4.78 is 16.3. The molecule has 0 bridgehead atoms. The molecule has 0 aromatic heterocycles. The fraction of sp³-hybridized carbons (Fsp3) is 0.333. The Morgan fingerprint density at radius 2 is 1.82 bits per heavy atom. The van der Waals surface area contributed by atoms with Gasteiger partial charge < -0.3 is 14.2 Å². The summed E-state index contributed by atoms with van der Waals surface area (Å²) in [6, 6.07) is 3.33. The van der Waals surface area contributed by atoms with Crippen LogP contribution in [0.2, 0.25) is 0 Å². The number of halogens is 1. The number of carbonyl (C=O) groups excluding carboxylic acids is 3. The average molecular weight is 518 g/mol. The molecule has 1 saturated heterocycles. The van der Waals surface area contributed by atoms with Crippen LogP contribution >= 0.6 is 34.8 Å². The normalized spacial score (nSPS) is 14.3. The molecule has 0 N–H and O–H groups in total. The van der Waals surface area contributed by atoms with Crippen LogP contribution in [-0.4, -0.2) is 67.1 Å². The van der Waals surface area contributed by atoms with E-state index < -0.39 is 17.8 Å². The van der Waals surface area contributed by atoms with Crippen LogP contribution < -0.4 is 9.47 Å². The number of esters is 1. The average Bonchev–Trinajstić information content (AvgIpc) is 2.67. The minimum atomic E-state index is -0.494. The van der Waals surface area contributed by atoms with Crippen LogP contribution in [0.3, 0.4) is 0 Å². The molecule has 0 radical (unpaired) electrons. The number of benzene rings is 1. The van der Waals surface area contributed by atoms with Gasteiger partial charge in [0.1, 0.15) is 5.57 Å². The molecule has 2 rings (SSSR count). The first-order valence-electron chi connectivity index (χ1n) is 8.19. The first kappa shape index (κ1) is 22.1. The minimum Gasteiger partial charge on any atom is -0.493 e. The maximum atomic E-state index is 12.5. The molecule has 1 aromatic carbocycles. The molecule has 2 amide bonds. The molecule has 1 fully saturated rings. The Balaban J connectivity index is 2.37. The second kappa shape index (κ2) is 9.32. The zero-order chi connectivity index (χ0) is 21.0. The van der Waals surface area contributed by atoms with Gasteiger partial charge in [-0.1, -0.05) is 0 Å². The van der Waals surface area contributed by atoms with Gasteiger partial charge in [0, 0.05) is 14.1 Å². The first-order valence-corrected chi connectivity index (χ1v) is 9.67. The first-order chi connectivity index (χ1) is 13.2. The van der Waals surface area contributed by atoms with Gasteiger partial charge in [0.05, 0.1) is 17.3 Å². The van der Waals surface area contributed by atoms with Crippen molar-refractivity contribution in [3.05, 3.63) is 26.8 Å². The van der Waals surface area contributed by atoms with E-state index in [1.54, 1.807) is 19.1 Å². The molecule has 1 aromatic rings. The maximum absolute atomic E-state index is 12.5. The standard InChI is InChI=1S/C18H19IN2O6S/c1-5-26-14(22)9-27-15-12(19)7-10(8-13(15)25-4)6-11-16(23)20(2)18(28)21(3)17(11)24/h6-8H,5,9H2,1-4H3. The number of ether oxygens (including phenoxy) is 3. The van der Waals surface area contributed by atoms with E-state index in [2.05, 4.69) is 0 Å². The molecule has 8 nitrogen and oxygen atoms in total. The lowest BCUT2D eigenvalue weighted by Gasteiger charge is -2.31. The highest BCUT2D eigenvalue weighted by molar-refractivity contribution is 14.1. The third-order valence-electron chi connectivity index (χ3n) is 3.85. The monoisotopic (exact) mass is 518 g/mol. The van der Waals surface area contributed by atoms with Gasteiger partial charge in [-0.15, -0.1) is 0 Å². The van der Waals surface area contributed by atoms with Crippen molar-refractivity contribution in [2.24, 2.45) is 0 Å². The van der Waals surface area contributed by atoms with E-state index in [4.69, 9.17) is 26.4 Å². The number of hydrogen-bond donors (Lipinski definition) is 0. The molecule has 1 aliphatic rings. The van der Waals surface area contributed by atoms with E-state index in [1.807, 2.05) is 22.6 Å². The number of nitrogens with zero attached hydrogens (tertiary/aromatic N) is 2. The van der Waals surface area contributed by atoms with E-state index >= 15 is 0 Å². The van der Waals surface area contributed by atoms with E-state index in [9.17, 15) is 14.4 Å². The third kappa shape index (κ3) is 4.61. The molecule has 0 atom stereocenters. The quantitative estimate of drug-likeness (QED) is 0.187. The van der Waals surface area contributed by atoms with Crippen molar-refractivity contribution >= 4 is 63.8 Å². The number of methoxy groups -OCH3 is 1. The lowest BCUT2D eigenvalue weighted by atomic mass is 10.1. The van der Waals surface area contributed by atoms with Crippen LogP contribution in [0.1, 0.15) is 12.5 Å². The van der Waals surface area contributed by atoms with E-state index in [1.165, 1.54) is 37.1 Å². The maximum Gasteiger partial charge on any atom is 0.344 e. The number of thiocarbonyl (C=S) groups is 1. The van der Waals surface area contributed by atoms with Gasteiger partial charge in [-0.2, -0.15) is 0 Å². The van der Waals surface area contributed by atoms with Crippen LogP contribution in [0.25, 0.3) is 6.08 Å². The van der Waals surface area contributed by atoms with Gasteiger partial charge in [0.25, 0.3) is 11.8 Å². The number of rotatable bonds is 6. The summed E-state index contributed by atoms with van der Waals surface area (Å²) in [6.45, 7) is 1.71. The number of amides is 2. The van der Waals surface area contributed by atoms with Crippen LogP contribution in [0.5, 0.6) is 11.5 Å². The summed E-state index contributed by atoms with van der Waals surface area (Å²) in [5.74, 6) is -0.729. The Kier molecular flexibility index (Phi) is 7.35. The van der Waals surface area contributed by atoms with Crippen molar-refractivity contribution in [2.45, 2.75) is 6.92 Å². The van der Waals surface area contributed by atoms with Crippen molar-refractivity contribution in [3.8, 4) is 11.5 Å². The van der Waals surface area contributed by atoms with Crippen molar-refractivity contribution < 1.29 is 28.6 Å². The molecule has 0 aliphatic carbocycles. The van der Waals surface area contributed by atoms with Crippen molar-refractivity contribution in [1.82, 2.24) is 9.80 Å². The summed E-state index contributed by atoms with van der Waals surface area (Å²) >= 11 is 7.10. The molecule has 28 heavy (non-hydrogen) atoms. The van der Waals surface area contributed by atoms with Crippen LogP contribution in [0, 0.1) is 3.57 Å². The number of hydrogen-bond acceptors (Lipinski definition) is 7. The van der Waals surface area contributed by atoms with Gasteiger partial charge >= 0.3 is 5.97 Å². The summed E-state index contributed by atoms with van der Waals surface area (Å²) in [7, 11) is 4.48. The molecule has 150 valence electrons. The molecule has 0 saturated carbocycles. The topological polar surface area (TPSA) is 85.4 Å². The van der Waals surface area contributed by atoms with E-state index in [-0.39, 0.29) is 23.9 Å². The zero-order valence-corrected chi connectivity index (χ0v) is 18.8. The minimum absolute atomic E-state index is 0.0170. The Morgan fingerprint density at radius 3 is 2.36 bits per heavy atom. The van der Waals surface area contributed by atoms with Crippen LogP contribution in [0.15, 0.2) is 17.7 Å². The lowest BCUT2D eigenvalue weighted by molar-refractivity contribution is -0.145. The fourth-order valence-electron chi connectivity index (χ4n) is 2.44. The molecular formula is C18H19IN2O6S. The van der Waals surface area contributed by atoms with Gasteiger partial charge in [-0.05, 0) is 65.5 Å². The van der Waals surface area contributed by atoms with Crippen LogP contribution in [-0.2, 0) is 19.1 Å². The Hall–Kier alpha value is -2.21. The van der Waals surface area contributed by atoms with E-state index in [0.717, 1.165) is 0 Å². The smallest absolute Gasteiger partial charge is 0.344 e. The SMILES string of the molecule is CCOC(=O)COc1c(I)cc(C=C2C(=O)N(C)C(=S)N(C)C2=O)cc1OC. The van der Waals surface area contributed by atoms with Crippen molar-refractivity contribution in [2.75, 3.05) is 34.4 Å². The van der Waals surface area contributed by atoms with Gasteiger partial charge in [0.2, 0.25) is 0 Å². The van der Waals surface area contributed by atoms with Crippen LogP contribution in [0.4, 0.5) is 0 Å². The zero-order valence-electron chi connectivity index (χ0n) is 15.8. The summed E-state index contributed by atoms with van der Waals surface area (Å²) in [4.78, 5) is 38.9. The summed E-state index contributed by atoms with van der Waals surface area (Å²) in [5.41, 5.74) is 0.549.